The summed E-state index contributed by atoms with van der Waals surface area (Å²) in [6, 6.07) is 16.0. The summed E-state index contributed by atoms with van der Waals surface area (Å²) in [5.41, 5.74) is 6.30. The second-order valence-electron chi connectivity index (χ2n) is 6.39. The van der Waals surface area contributed by atoms with E-state index in [2.05, 4.69) is 30.2 Å². The van der Waals surface area contributed by atoms with Gasteiger partial charge in [0, 0.05) is 17.7 Å². The fourth-order valence-electron chi connectivity index (χ4n) is 3.02. The van der Waals surface area contributed by atoms with Crippen molar-refractivity contribution in [3.63, 3.8) is 0 Å². The van der Waals surface area contributed by atoms with Crippen molar-refractivity contribution in [1.29, 1.82) is 0 Å². The molecule has 2 aromatic carbocycles. The largest absolute Gasteiger partial charge is 0.395 e. The smallest absolute Gasteiger partial charge is 0.138 e. The first kappa shape index (κ1) is 15.7. The molecule has 0 unspecified atom stereocenters. The fourth-order valence-corrected chi connectivity index (χ4v) is 3.02. The van der Waals surface area contributed by atoms with Gasteiger partial charge in [0.15, 0.2) is 0 Å². The van der Waals surface area contributed by atoms with Gasteiger partial charge in [0.1, 0.15) is 18.0 Å². The molecule has 126 valence electrons. The first-order valence-corrected chi connectivity index (χ1v) is 8.45. The molecule has 1 aliphatic rings. The Kier molecular flexibility index (Phi) is 4.15. The van der Waals surface area contributed by atoms with Crippen LogP contribution in [-0.4, -0.2) is 47.8 Å². The Balaban J connectivity index is 1.71. The molecule has 5 heteroatoms. The van der Waals surface area contributed by atoms with E-state index in [-0.39, 0.29) is 0 Å². The molecule has 0 saturated heterocycles. The minimum absolute atomic E-state index is 0.584. The van der Waals surface area contributed by atoms with Gasteiger partial charge in [-0.15, -0.1) is 0 Å². The minimum atomic E-state index is 0.584. The molecule has 0 N–H and O–H groups in total. The predicted molar refractivity (Wildman–Crippen MR) is 99.7 cm³/mol. The lowest BCUT2D eigenvalue weighted by Crippen LogP contribution is -2.14. The summed E-state index contributed by atoms with van der Waals surface area (Å²) in [7, 11) is 4.10. The van der Waals surface area contributed by atoms with Gasteiger partial charge in [0.2, 0.25) is 0 Å². The van der Waals surface area contributed by atoms with E-state index in [1.807, 2.05) is 42.5 Å². The van der Waals surface area contributed by atoms with E-state index in [4.69, 9.17) is 14.8 Å². The Morgan fingerprint density at radius 1 is 0.880 bits per heavy atom. The van der Waals surface area contributed by atoms with E-state index in [9.17, 15) is 0 Å². The van der Waals surface area contributed by atoms with Crippen molar-refractivity contribution in [2.75, 3.05) is 27.2 Å². The molecule has 0 bridgehead atoms. The lowest BCUT2D eigenvalue weighted by Gasteiger charge is -2.08. The number of benzene rings is 2. The SMILES string of the molecule is CN(C)CCCO/N=C1\c2ccccc2-c2nc3ccccc3nc21. The highest BCUT2D eigenvalue weighted by Crippen LogP contribution is 2.35. The van der Waals surface area contributed by atoms with Crippen molar-refractivity contribution in [2.24, 2.45) is 5.16 Å². The average Bonchev–Trinajstić information content (AvgIpc) is 2.93. The summed E-state index contributed by atoms with van der Waals surface area (Å²) < 4.78 is 0. The van der Waals surface area contributed by atoms with Crippen molar-refractivity contribution in [1.82, 2.24) is 14.9 Å². The van der Waals surface area contributed by atoms with Crippen LogP contribution in [0.1, 0.15) is 17.7 Å². The lowest BCUT2D eigenvalue weighted by molar-refractivity contribution is 0.135. The van der Waals surface area contributed by atoms with Gasteiger partial charge in [-0.25, -0.2) is 9.97 Å². The van der Waals surface area contributed by atoms with E-state index in [0.29, 0.717) is 6.61 Å². The molecule has 1 aromatic heterocycles. The maximum Gasteiger partial charge on any atom is 0.138 e. The number of fused-ring (bicyclic) bond motifs is 4. The highest BCUT2D eigenvalue weighted by molar-refractivity contribution is 6.23. The third-order valence-corrected chi connectivity index (χ3v) is 4.23. The zero-order valence-corrected chi connectivity index (χ0v) is 14.4. The van der Waals surface area contributed by atoms with Crippen LogP contribution in [0, 0.1) is 0 Å². The van der Waals surface area contributed by atoms with E-state index >= 15 is 0 Å². The minimum Gasteiger partial charge on any atom is -0.395 e. The molecule has 3 aromatic rings. The highest BCUT2D eigenvalue weighted by Gasteiger charge is 2.28. The topological polar surface area (TPSA) is 50.6 Å². The van der Waals surface area contributed by atoms with Crippen molar-refractivity contribution < 1.29 is 4.84 Å². The molecular formula is C20H20N4O. The molecule has 0 atom stereocenters. The highest BCUT2D eigenvalue weighted by atomic mass is 16.6. The molecule has 1 aliphatic carbocycles. The summed E-state index contributed by atoms with van der Waals surface area (Å²) in [5.74, 6) is 0. The van der Waals surface area contributed by atoms with Crippen LogP contribution >= 0.6 is 0 Å². The van der Waals surface area contributed by atoms with Gasteiger partial charge < -0.3 is 9.74 Å². The standard InChI is InChI=1S/C20H20N4O/c1-24(2)12-7-13-25-23-19-15-9-4-3-8-14(15)18-20(19)22-17-11-6-5-10-16(17)21-18/h3-6,8-11H,7,12-13H2,1-2H3/b23-19+. The summed E-state index contributed by atoms with van der Waals surface area (Å²) in [5, 5.41) is 4.41. The van der Waals surface area contributed by atoms with E-state index < -0.39 is 0 Å². The van der Waals surface area contributed by atoms with E-state index in [1.54, 1.807) is 0 Å². The molecular weight excluding hydrogens is 312 g/mol. The number of nitrogens with zero attached hydrogens (tertiary/aromatic N) is 4. The first-order valence-electron chi connectivity index (χ1n) is 8.45. The molecule has 0 aliphatic heterocycles. The van der Waals surface area contributed by atoms with Crippen LogP contribution in [0.5, 0.6) is 0 Å². The van der Waals surface area contributed by atoms with Gasteiger partial charge in [-0.3, -0.25) is 0 Å². The quantitative estimate of drug-likeness (QED) is 0.415. The van der Waals surface area contributed by atoms with Crippen LogP contribution < -0.4 is 0 Å². The van der Waals surface area contributed by atoms with Gasteiger partial charge in [-0.05, 0) is 32.6 Å². The van der Waals surface area contributed by atoms with Crippen LogP contribution in [0.4, 0.5) is 0 Å². The van der Waals surface area contributed by atoms with Gasteiger partial charge in [-0.2, -0.15) is 0 Å². The lowest BCUT2D eigenvalue weighted by atomic mass is 10.1. The second kappa shape index (κ2) is 6.61. The first-order chi connectivity index (χ1) is 12.2. The number of rotatable bonds is 5. The molecule has 25 heavy (non-hydrogen) atoms. The average molecular weight is 332 g/mol. The molecule has 0 spiro atoms. The zero-order chi connectivity index (χ0) is 17.2. The molecule has 4 rings (SSSR count). The Morgan fingerprint density at radius 2 is 1.52 bits per heavy atom. The van der Waals surface area contributed by atoms with Crippen molar-refractivity contribution in [3.05, 3.63) is 59.8 Å². The molecule has 0 saturated carbocycles. The Morgan fingerprint density at radius 3 is 2.24 bits per heavy atom. The number of hydrogen-bond acceptors (Lipinski definition) is 5. The van der Waals surface area contributed by atoms with E-state index in [1.165, 1.54) is 0 Å². The molecule has 1 heterocycles. The van der Waals surface area contributed by atoms with Gasteiger partial charge >= 0.3 is 0 Å². The Bertz CT molecular complexity index is 949. The molecule has 5 nitrogen and oxygen atoms in total. The van der Waals surface area contributed by atoms with Gasteiger partial charge in [0.05, 0.1) is 16.7 Å². The number of para-hydroxylation sites is 2. The van der Waals surface area contributed by atoms with E-state index in [0.717, 1.165) is 52.2 Å². The van der Waals surface area contributed by atoms with Crippen LogP contribution in [-0.2, 0) is 4.84 Å². The number of oxime groups is 1. The summed E-state index contributed by atoms with van der Waals surface area (Å²) >= 11 is 0. The molecule has 0 fully saturated rings. The Hall–Kier alpha value is -2.79. The maximum absolute atomic E-state index is 5.59. The molecule has 0 amide bonds. The van der Waals surface area contributed by atoms with Gasteiger partial charge in [0.25, 0.3) is 0 Å². The van der Waals surface area contributed by atoms with Crippen LogP contribution in [0.3, 0.4) is 0 Å². The summed E-state index contributed by atoms with van der Waals surface area (Å²) in [6.07, 6.45) is 0.932. The Labute approximate surface area is 147 Å². The third-order valence-electron chi connectivity index (χ3n) is 4.23. The second-order valence-corrected chi connectivity index (χ2v) is 6.39. The van der Waals surface area contributed by atoms with Crippen molar-refractivity contribution in [2.45, 2.75) is 6.42 Å². The number of aromatic nitrogens is 2. The normalized spacial score (nSPS) is 14.1. The summed E-state index contributed by atoms with van der Waals surface area (Å²) in [4.78, 5) is 17.3. The number of hydrogen-bond donors (Lipinski definition) is 0. The predicted octanol–water partition coefficient (Wildman–Crippen LogP) is 3.33. The van der Waals surface area contributed by atoms with Gasteiger partial charge in [-0.1, -0.05) is 41.6 Å². The van der Waals surface area contributed by atoms with Crippen molar-refractivity contribution in [3.8, 4) is 11.3 Å². The van der Waals surface area contributed by atoms with Crippen molar-refractivity contribution >= 4 is 16.7 Å². The zero-order valence-electron chi connectivity index (χ0n) is 14.4. The summed E-state index contributed by atoms with van der Waals surface area (Å²) in [6.45, 7) is 1.56. The van der Waals surface area contributed by atoms with Crippen LogP contribution in [0.15, 0.2) is 53.7 Å². The monoisotopic (exact) mass is 332 g/mol. The maximum atomic E-state index is 5.59. The van der Waals surface area contributed by atoms with Crippen LogP contribution in [0.25, 0.3) is 22.3 Å². The fraction of sp³-hybridized carbons (Fsp3) is 0.250. The van der Waals surface area contributed by atoms with Crippen LogP contribution in [0.2, 0.25) is 0 Å². The molecule has 0 radical (unpaired) electrons. The third kappa shape index (κ3) is 2.98.